The molecule has 0 saturated heterocycles. The fourth-order valence-electron chi connectivity index (χ4n) is 3.47. The Morgan fingerprint density at radius 2 is 2.05 bits per heavy atom. The molecule has 3 nitrogen and oxygen atoms in total. The van der Waals surface area contributed by atoms with E-state index in [0.717, 1.165) is 67.2 Å². The standard InChI is InChI=1S/C17H22BrNO2/c18-7-3-1-2-6-15(20)13-9-12-5-4-8-19-16(21)11-14(10-13)17(12)19/h9-10,15,20H,1-8,11H2. The number of halogens is 1. The van der Waals surface area contributed by atoms with Gasteiger partial charge in [0.2, 0.25) is 5.91 Å². The Kier molecular flexibility index (Phi) is 4.65. The van der Waals surface area contributed by atoms with Crippen LogP contribution in [0.1, 0.15) is 54.9 Å². The summed E-state index contributed by atoms with van der Waals surface area (Å²) >= 11 is 3.43. The van der Waals surface area contributed by atoms with Crippen LogP contribution in [0, 0.1) is 0 Å². The van der Waals surface area contributed by atoms with E-state index in [2.05, 4.69) is 28.1 Å². The van der Waals surface area contributed by atoms with Crippen LogP contribution in [0.25, 0.3) is 0 Å². The van der Waals surface area contributed by atoms with E-state index in [0.29, 0.717) is 6.42 Å². The first kappa shape index (κ1) is 15.0. The minimum absolute atomic E-state index is 0.218. The van der Waals surface area contributed by atoms with Crippen LogP contribution in [0.15, 0.2) is 12.1 Å². The normalized spacial score (nSPS) is 18.0. The Labute approximate surface area is 134 Å². The Morgan fingerprint density at radius 3 is 2.86 bits per heavy atom. The number of hydrogen-bond acceptors (Lipinski definition) is 2. The lowest BCUT2D eigenvalue weighted by Crippen LogP contribution is -2.31. The summed E-state index contributed by atoms with van der Waals surface area (Å²) in [5.74, 6) is 0.218. The summed E-state index contributed by atoms with van der Waals surface area (Å²) in [6.07, 6.45) is 6.32. The van der Waals surface area contributed by atoms with Crippen LogP contribution in [0.3, 0.4) is 0 Å². The van der Waals surface area contributed by atoms with Gasteiger partial charge >= 0.3 is 0 Å². The second-order valence-corrected chi connectivity index (χ2v) is 6.86. The molecule has 21 heavy (non-hydrogen) atoms. The van der Waals surface area contributed by atoms with Crippen LogP contribution in [0.2, 0.25) is 0 Å². The van der Waals surface area contributed by atoms with Crippen molar-refractivity contribution in [2.75, 3.05) is 16.8 Å². The van der Waals surface area contributed by atoms with E-state index in [9.17, 15) is 9.90 Å². The topological polar surface area (TPSA) is 40.5 Å². The average Bonchev–Trinajstić information content (AvgIpc) is 2.81. The van der Waals surface area contributed by atoms with Crippen molar-refractivity contribution in [3.8, 4) is 0 Å². The second-order valence-electron chi connectivity index (χ2n) is 6.07. The van der Waals surface area contributed by atoms with Gasteiger partial charge in [-0.3, -0.25) is 4.79 Å². The van der Waals surface area contributed by atoms with Gasteiger partial charge in [-0.25, -0.2) is 0 Å². The van der Waals surface area contributed by atoms with Crippen molar-refractivity contribution in [1.82, 2.24) is 0 Å². The highest BCUT2D eigenvalue weighted by Gasteiger charge is 2.32. The number of aliphatic hydroxyl groups is 1. The smallest absolute Gasteiger partial charge is 0.231 e. The third kappa shape index (κ3) is 3.02. The fraction of sp³-hybridized carbons (Fsp3) is 0.588. The molecule has 0 fully saturated rings. The monoisotopic (exact) mass is 351 g/mol. The number of carbonyl (C=O) groups is 1. The Morgan fingerprint density at radius 1 is 1.24 bits per heavy atom. The number of unbranched alkanes of at least 4 members (excludes halogenated alkanes) is 2. The molecule has 114 valence electrons. The number of rotatable bonds is 6. The van der Waals surface area contributed by atoms with E-state index in [4.69, 9.17) is 0 Å². The van der Waals surface area contributed by atoms with E-state index in [1.165, 1.54) is 5.56 Å². The van der Waals surface area contributed by atoms with Gasteiger partial charge in [0.25, 0.3) is 0 Å². The van der Waals surface area contributed by atoms with Gasteiger partial charge in [0, 0.05) is 11.9 Å². The van der Waals surface area contributed by atoms with Crippen LogP contribution >= 0.6 is 15.9 Å². The van der Waals surface area contributed by atoms with E-state index in [1.54, 1.807) is 0 Å². The summed E-state index contributed by atoms with van der Waals surface area (Å²) in [5.41, 5.74) is 4.51. The molecule has 4 heteroatoms. The van der Waals surface area contributed by atoms with E-state index in [-0.39, 0.29) is 5.91 Å². The van der Waals surface area contributed by atoms with Crippen molar-refractivity contribution in [2.45, 2.75) is 51.0 Å². The molecular formula is C17H22BrNO2. The van der Waals surface area contributed by atoms with Gasteiger partial charge in [0.1, 0.15) is 0 Å². The summed E-state index contributed by atoms with van der Waals surface area (Å²) in [7, 11) is 0. The van der Waals surface area contributed by atoms with Gasteiger partial charge in [-0.15, -0.1) is 0 Å². The predicted octanol–water partition coefficient (Wildman–Crippen LogP) is 3.51. The van der Waals surface area contributed by atoms with Crippen molar-refractivity contribution < 1.29 is 9.90 Å². The number of hydrogen-bond donors (Lipinski definition) is 1. The van der Waals surface area contributed by atoms with Crippen molar-refractivity contribution in [2.24, 2.45) is 0 Å². The zero-order chi connectivity index (χ0) is 14.8. The van der Waals surface area contributed by atoms with E-state index < -0.39 is 6.10 Å². The SMILES string of the molecule is O=C1Cc2cc(C(O)CCCCCBr)cc3c2N1CCC3. The molecule has 0 aromatic heterocycles. The van der Waals surface area contributed by atoms with E-state index in [1.807, 2.05) is 4.90 Å². The first-order chi connectivity index (χ1) is 10.2. The number of nitrogens with zero attached hydrogens (tertiary/aromatic N) is 1. The molecule has 0 saturated carbocycles. The average molecular weight is 352 g/mol. The summed E-state index contributed by atoms with van der Waals surface area (Å²) < 4.78 is 0. The van der Waals surface area contributed by atoms with Gasteiger partial charge in [-0.1, -0.05) is 40.9 Å². The second kappa shape index (κ2) is 6.49. The zero-order valence-electron chi connectivity index (χ0n) is 12.3. The van der Waals surface area contributed by atoms with Gasteiger partial charge in [0.15, 0.2) is 0 Å². The summed E-state index contributed by atoms with van der Waals surface area (Å²) in [6.45, 7) is 0.854. The molecule has 0 aliphatic carbocycles. The molecule has 1 atom stereocenters. The highest BCUT2D eigenvalue weighted by molar-refractivity contribution is 9.09. The summed E-state index contributed by atoms with van der Waals surface area (Å²) in [5, 5.41) is 11.4. The Balaban J connectivity index is 1.76. The molecule has 0 spiro atoms. The van der Waals surface area contributed by atoms with Gasteiger partial charge in [-0.2, -0.15) is 0 Å². The molecule has 1 unspecified atom stereocenters. The van der Waals surface area contributed by atoms with Crippen molar-refractivity contribution in [3.63, 3.8) is 0 Å². The molecular weight excluding hydrogens is 330 g/mol. The van der Waals surface area contributed by atoms with Crippen molar-refractivity contribution in [3.05, 3.63) is 28.8 Å². The zero-order valence-corrected chi connectivity index (χ0v) is 13.9. The maximum atomic E-state index is 12.0. The molecule has 1 aromatic rings. The molecule has 0 radical (unpaired) electrons. The predicted molar refractivity (Wildman–Crippen MR) is 88.0 cm³/mol. The number of alkyl halides is 1. The highest BCUT2D eigenvalue weighted by Crippen LogP contribution is 2.39. The van der Waals surface area contributed by atoms with Crippen LogP contribution in [0.5, 0.6) is 0 Å². The van der Waals surface area contributed by atoms with Gasteiger partial charge in [-0.05, 0) is 42.4 Å². The molecule has 1 aromatic carbocycles. The van der Waals surface area contributed by atoms with Crippen molar-refractivity contribution >= 4 is 27.5 Å². The van der Waals surface area contributed by atoms with E-state index >= 15 is 0 Å². The lowest BCUT2D eigenvalue weighted by molar-refractivity contribution is -0.117. The van der Waals surface area contributed by atoms with Crippen LogP contribution in [0.4, 0.5) is 5.69 Å². The Bertz CT molecular complexity index is 544. The molecule has 0 bridgehead atoms. The van der Waals surface area contributed by atoms with Crippen LogP contribution in [-0.2, 0) is 17.6 Å². The Hall–Kier alpha value is -0.870. The molecule has 3 rings (SSSR count). The molecule has 1 amide bonds. The molecule has 2 aliphatic rings. The highest BCUT2D eigenvalue weighted by atomic mass is 79.9. The number of carbonyl (C=O) groups excluding carboxylic acids is 1. The molecule has 1 N–H and O–H groups in total. The number of aliphatic hydroxyl groups excluding tert-OH is 1. The fourth-order valence-corrected chi connectivity index (χ4v) is 3.87. The van der Waals surface area contributed by atoms with Gasteiger partial charge < -0.3 is 10.0 Å². The van der Waals surface area contributed by atoms with Crippen LogP contribution < -0.4 is 4.90 Å². The quantitative estimate of drug-likeness (QED) is 0.629. The third-order valence-corrected chi connectivity index (χ3v) is 5.09. The maximum Gasteiger partial charge on any atom is 0.231 e. The van der Waals surface area contributed by atoms with Crippen LogP contribution in [-0.4, -0.2) is 22.9 Å². The first-order valence-corrected chi connectivity index (χ1v) is 9.03. The number of anilines is 1. The maximum absolute atomic E-state index is 12.0. The summed E-state index contributed by atoms with van der Waals surface area (Å²) in [6, 6.07) is 4.18. The lowest BCUT2D eigenvalue weighted by Gasteiger charge is -2.26. The number of benzene rings is 1. The number of aryl methyl sites for hydroxylation is 1. The van der Waals surface area contributed by atoms with Gasteiger partial charge in [0.05, 0.1) is 18.2 Å². The first-order valence-electron chi connectivity index (χ1n) is 7.91. The molecule has 2 heterocycles. The minimum atomic E-state index is -0.395. The summed E-state index contributed by atoms with van der Waals surface area (Å²) in [4.78, 5) is 14.0. The third-order valence-electron chi connectivity index (χ3n) is 4.53. The number of amides is 1. The van der Waals surface area contributed by atoms with Crippen molar-refractivity contribution in [1.29, 1.82) is 0 Å². The molecule has 2 aliphatic heterocycles. The minimum Gasteiger partial charge on any atom is -0.388 e. The largest absolute Gasteiger partial charge is 0.388 e. The lowest BCUT2D eigenvalue weighted by atomic mass is 9.93.